The molecule has 0 fully saturated rings. The molecule has 0 radical (unpaired) electrons. The van der Waals surface area contributed by atoms with Gasteiger partial charge in [-0.3, -0.25) is 0 Å². The van der Waals surface area contributed by atoms with Gasteiger partial charge in [-0.05, 0) is 54.9 Å². The maximum atomic E-state index is 11.1. The molecule has 1 aliphatic rings. The van der Waals surface area contributed by atoms with Crippen LogP contribution in [0, 0.1) is 0 Å². The Balaban J connectivity index is 2.57. The zero-order valence-electron chi connectivity index (χ0n) is 9.05. The predicted octanol–water partition coefficient (Wildman–Crippen LogP) is 2.83. The van der Waals surface area contributed by atoms with Crippen molar-refractivity contribution in [1.82, 2.24) is 0 Å². The highest BCUT2D eigenvalue weighted by Gasteiger charge is 2.19. The fraction of sp³-hybridized carbons (Fsp3) is 0.462. The maximum Gasteiger partial charge on any atom is 0.335 e. The van der Waals surface area contributed by atoms with Crippen molar-refractivity contribution in [3.05, 3.63) is 34.4 Å². The molecule has 0 unspecified atom stereocenters. The zero-order chi connectivity index (χ0) is 10.8. The topological polar surface area (TPSA) is 37.3 Å². The van der Waals surface area contributed by atoms with Crippen LogP contribution in [0.15, 0.2) is 12.1 Å². The summed E-state index contributed by atoms with van der Waals surface area (Å²) in [5.74, 6) is -0.782. The lowest BCUT2D eigenvalue weighted by Gasteiger charge is -2.20. The van der Waals surface area contributed by atoms with Crippen LogP contribution >= 0.6 is 0 Å². The van der Waals surface area contributed by atoms with Crippen LogP contribution in [0.4, 0.5) is 0 Å². The summed E-state index contributed by atoms with van der Waals surface area (Å²) >= 11 is 0. The van der Waals surface area contributed by atoms with E-state index in [2.05, 4.69) is 6.92 Å². The molecule has 0 amide bonds. The SMILES string of the molecule is CCc1ccc(C(=O)O)c2c1CCCC2. The molecular formula is C13H16O2. The number of carboxylic acid groups (broad SMARTS) is 1. The quantitative estimate of drug-likeness (QED) is 0.804. The van der Waals surface area contributed by atoms with Gasteiger partial charge >= 0.3 is 5.97 Å². The van der Waals surface area contributed by atoms with Crippen LogP contribution in [0.2, 0.25) is 0 Å². The predicted molar refractivity (Wildman–Crippen MR) is 59.4 cm³/mol. The second-order valence-corrected chi connectivity index (χ2v) is 4.10. The number of aryl methyl sites for hydroxylation is 1. The molecule has 2 rings (SSSR count). The molecule has 0 heterocycles. The van der Waals surface area contributed by atoms with Crippen molar-refractivity contribution in [3.8, 4) is 0 Å². The Morgan fingerprint density at radius 1 is 1.27 bits per heavy atom. The Bertz CT molecular complexity index is 394. The van der Waals surface area contributed by atoms with E-state index in [-0.39, 0.29) is 0 Å². The Morgan fingerprint density at radius 3 is 2.53 bits per heavy atom. The molecule has 80 valence electrons. The summed E-state index contributed by atoms with van der Waals surface area (Å²) in [4.78, 5) is 11.1. The molecule has 2 nitrogen and oxygen atoms in total. The van der Waals surface area contributed by atoms with Crippen LogP contribution in [-0.4, -0.2) is 11.1 Å². The van der Waals surface area contributed by atoms with Gasteiger partial charge in [0.1, 0.15) is 0 Å². The number of aromatic carboxylic acids is 1. The Morgan fingerprint density at radius 2 is 1.93 bits per heavy atom. The van der Waals surface area contributed by atoms with Crippen molar-refractivity contribution in [2.24, 2.45) is 0 Å². The lowest BCUT2D eigenvalue weighted by atomic mass is 9.84. The van der Waals surface area contributed by atoms with E-state index in [0.29, 0.717) is 5.56 Å². The molecule has 0 spiro atoms. The van der Waals surface area contributed by atoms with Crippen molar-refractivity contribution in [2.75, 3.05) is 0 Å². The van der Waals surface area contributed by atoms with Gasteiger partial charge in [-0.1, -0.05) is 13.0 Å². The van der Waals surface area contributed by atoms with Crippen molar-refractivity contribution in [2.45, 2.75) is 39.0 Å². The molecule has 1 aliphatic carbocycles. The van der Waals surface area contributed by atoms with Crippen molar-refractivity contribution >= 4 is 5.97 Å². The highest BCUT2D eigenvalue weighted by molar-refractivity contribution is 5.90. The molecule has 0 saturated heterocycles. The van der Waals surface area contributed by atoms with Gasteiger partial charge < -0.3 is 5.11 Å². The number of rotatable bonds is 2. The summed E-state index contributed by atoms with van der Waals surface area (Å²) in [7, 11) is 0. The van der Waals surface area contributed by atoms with Crippen LogP contribution in [0.5, 0.6) is 0 Å². The molecule has 1 aromatic carbocycles. The van der Waals surface area contributed by atoms with Gasteiger partial charge in [0.25, 0.3) is 0 Å². The summed E-state index contributed by atoms with van der Waals surface area (Å²) in [5, 5.41) is 9.10. The summed E-state index contributed by atoms with van der Waals surface area (Å²) in [6.07, 6.45) is 5.32. The third-order valence-corrected chi connectivity index (χ3v) is 3.24. The highest BCUT2D eigenvalue weighted by Crippen LogP contribution is 2.28. The van der Waals surface area contributed by atoms with Crippen LogP contribution in [-0.2, 0) is 19.3 Å². The van der Waals surface area contributed by atoms with Crippen LogP contribution < -0.4 is 0 Å². The molecule has 0 atom stereocenters. The molecule has 0 aromatic heterocycles. The van der Waals surface area contributed by atoms with E-state index in [1.165, 1.54) is 17.5 Å². The number of carbonyl (C=O) groups is 1. The van der Waals surface area contributed by atoms with Gasteiger partial charge in [-0.2, -0.15) is 0 Å². The smallest absolute Gasteiger partial charge is 0.335 e. The van der Waals surface area contributed by atoms with E-state index in [0.717, 1.165) is 31.2 Å². The highest BCUT2D eigenvalue weighted by atomic mass is 16.4. The molecule has 1 aromatic rings. The third-order valence-electron chi connectivity index (χ3n) is 3.24. The lowest BCUT2D eigenvalue weighted by Crippen LogP contribution is -2.12. The zero-order valence-corrected chi connectivity index (χ0v) is 9.05. The van der Waals surface area contributed by atoms with Gasteiger partial charge in [0.2, 0.25) is 0 Å². The minimum atomic E-state index is -0.782. The second-order valence-electron chi connectivity index (χ2n) is 4.10. The Labute approximate surface area is 89.9 Å². The standard InChI is InChI=1S/C13H16O2/c1-2-9-7-8-12(13(14)15)11-6-4-3-5-10(9)11/h7-8H,2-6H2,1H3,(H,14,15). The first-order valence-corrected chi connectivity index (χ1v) is 5.61. The maximum absolute atomic E-state index is 11.1. The van der Waals surface area contributed by atoms with Crippen LogP contribution in [0.3, 0.4) is 0 Å². The van der Waals surface area contributed by atoms with Gasteiger partial charge in [0, 0.05) is 0 Å². The molecular weight excluding hydrogens is 188 g/mol. The average molecular weight is 204 g/mol. The van der Waals surface area contributed by atoms with Crippen LogP contribution in [0.25, 0.3) is 0 Å². The first-order chi connectivity index (χ1) is 7.24. The Hall–Kier alpha value is -1.31. The fourth-order valence-electron chi connectivity index (χ4n) is 2.47. The van der Waals surface area contributed by atoms with E-state index in [1.807, 2.05) is 6.07 Å². The van der Waals surface area contributed by atoms with E-state index in [9.17, 15) is 4.79 Å². The fourth-order valence-corrected chi connectivity index (χ4v) is 2.47. The molecule has 2 heteroatoms. The average Bonchev–Trinajstić information content (AvgIpc) is 2.27. The van der Waals surface area contributed by atoms with Crippen molar-refractivity contribution in [1.29, 1.82) is 0 Å². The summed E-state index contributed by atoms with van der Waals surface area (Å²) in [6.45, 7) is 2.13. The Kier molecular flexibility index (Phi) is 2.76. The van der Waals surface area contributed by atoms with E-state index < -0.39 is 5.97 Å². The van der Waals surface area contributed by atoms with Crippen molar-refractivity contribution < 1.29 is 9.90 Å². The summed E-state index contributed by atoms with van der Waals surface area (Å²) < 4.78 is 0. The van der Waals surface area contributed by atoms with Gasteiger partial charge in [0.15, 0.2) is 0 Å². The second kappa shape index (κ2) is 4.05. The van der Waals surface area contributed by atoms with Crippen LogP contribution in [0.1, 0.15) is 46.8 Å². The third kappa shape index (κ3) is 1.76. The van der Waals surface area contributed by atoms with Crippen molar-refractivity contribution in [3.63, 3.8) is 0 Å². The van der Waals surface area contributed by atoms with E-state index >= 15 is 0 Å². The lowest BCUT2D eigenvalue weighted by molar-refractivity contribution is 0.0695. The van der Waals surface area contributed by atoms with E-state index in [1.54, 1.807) is 6.07 Å². The summed E-state index contributed by atoms with van der Waals surface area (Å²) in [5.41, 5.74) is 4.24. The minimum absolute atomic E-state index is 0.516. The molecule has 0 bridgehead atoms. The van der Waals surface area contributed by atoms with Gasteiger partial charge in [-0.25, -0.2) is 4.79 Å². The minimum Gasteiger partial charge on any atom is -0.478 e. The van der Waals surface area contributed by atoms with Gasteiger partial charge in [0.05, 0.1) is 5.56 Å². The molecule has 0 aliphatic heterocycles. The first kappa shape index (κ1) is 10.2. The molecule has 0 saturated carbocycles. The normalized spacial score (nSPS) is 14.7. The summed E-state index contributed by atoms with van der Waals surface area (Å²) in [6, 6.07) is 3.75. The largest absolute Gasteiger partial charge is 0.478 e. The molecule has 1 N–H and O–H groups in total. The number of hydrogen-bond donors (Lipinski definition) is 1. The number of benzene rings is 1. The number of hydrogen-bond acceptors (Lipinski definition) is 1. The number of carboxylic acids is 1. The first-order valence-electron chi connectivity index (χ1n) is 5.61. The van der Waals surface area contributed by atoms with Gasteiger partial charge in [-0.15, -0.1) is 0 Å². The monoisotopic (exact) mass is 204 g/mol. The molecule has 15 heavy (non-hydrogen) atoms. The van der Waals surface area contributed by atoms with E-state index in [4.69, 9.17) is 5.11 Å². The number of fused-ring (bicyclic) bond motifs is 1.